The molecule has 0 aliphatic heterocycles. The molecule has 1 amide bonds. The summed E-state index contributed by atoms with van der Waals surface area (Å²) in [6.45, 7) is 5.15. The largest absolute Gasteiger partial charge is 0.497 e. The molecule has 1 heterocycles. The van der Waals surface area contributed by atoms with E-state index < -0.39 is 5.63 Å². The topological polar surface area (TPSA) is 110 Å². The predicted molar refractivity (Wildman–Crippen MR) is 157 cm³/mol. The number of fused-ring (bicyclic) bond motifs is 6. The Kier molecular flexibility index (Phi) is 7.64. The molecular formula is C33H44N2O6. The number of nitrogens with zero attached hydrogens (tertiary/aromatic N) is 1. The number of amides is 1. The molecule has 0 bridgehead atoms. The summed E-state index contributed by atoms with van der Waals surface area (Å²) in [5, 5.41) is 18.6. The fourth-order valence-corrected chi connectivity index (χ4v) is 9.27. The molecule has 4 aliphatic rings. The monoisotopic (exact) mass is 564 g/mol. The number of aliphatic hydroxyl groups is 1. The van der Waals surface area contributed by atoms with Gasteiger partial charge < -0.3 is 24.4 Å². The molecule has 1 aromatic heterocycles. The maximum Gasteiger partial charge on any atom is 0.336 e. The zero-order valence-electron chi connectivity index (χ0n) is 24.6. The first-order valence-electron chi connectivity index (χ1n) is 15.5. The number of carbonyl (C=O) groups is 1. The van der Waals surface area contributed by atoms with E-state index in [0.717, 1.165) is 67.0 Å². The quantitative estimate of drug-likeness (QED) is 0.352. The zero-order valence-corrected chi connectivity index (χ0v) is 24.6. The molecule has 0 radical (unpaired) electrons. The lowest BCUT2D eigenvalue weighted by Crippen LogP contribution is -2.54. The molecule has 8 nitrogen and oxygen atoms in total. The van der Waals surface area contributed by atoms with Gasteiger partial charge in [0.15, 0.2) is 6.61 Å². The van der Waals surface area contributed by atoms with Crippen LogP contribution in [0.5, 0.6) is 5.75 Å². The van der Waals surface area contributed by atoms with E-state index in [4.69, 9.17) is 14.0 Å². The van der Waals surface area contributed by atoms with Crippen LogP contribution in [0, 0.1) is 34.5 Å². The van der Waals surface area contributed by atoms with Crippen LogP contribution in [-0.2, 0) is 16.1 Å². The van der Waals surface area contributed by atoms with Crippen molar-refractivity contribution < 1.29 is 23.9 Å². The number of carbonyl (C=O) groups excluding carboxylic acids is 1. The van der Waals surface area contributed by atoms with Crippen LogP contribution in [0.1, 0.15) is 77.2 Å². The van der Waals surface area contributed by atoms with Crippen LogP contribution in [0.4, 0.5) is 0 Å². The summed E-state index contributed by atoms with van der Waals surface area (Å²) in [5.41, 5.74) is 2.39. The van der Waals surface area contributed by atoms with E-state index in [0.29, 0.717) is 41.5 Å². The summed E-state index contributed by atoms with van der Waals surface area (Å²) in [6.07, 6.45) is 10.4. The van der Waals surface area contributed by atoms with Crippen molar-refractivity contribution in [1.29, 1.82) is 0 Å². The first kappa shape index (κ1) is 28.3. The first-order valence-corrected chi connectivity index (χ1v) is 15.5. The Bertz CT molecular complexity index is 1390. The third-order valence-corrected chi connectivity index (χ3v) is 11.5. The van der Waals surface area contributed by atoms with Crippen LogP contribution in [-0.4, -0.2) is 43.1 Å². The lowest BCUT2D eigenvalue weighted by Gasteiger charge is -2.60. The summed E-state index contributed by atoms with van der Waals surface area (Å²) in [5.74, 6) is 3.14. The van der Waals surface area contributed by atoms with Crippen molar-refractivity contribution in [2.75, 3.05) is 20.3 Å². The average molecular weight is 565 g/mol. The second-order valence-corrected chi connectivity index (χ2v) is 13.4. The van der Waals surface area contributed by atoms with Crippen molar-refractivity contribution in [3.05, 3.63) is 40.2 Å². The van der Waals surface area contributed by atoms with Crippen LogP contribution >= 0.6 is 0 Å². The van der Waals surface area contributed by atoms with Gasteiger partial charge >= 0.3 is 5.63 Å². The van der Waals surface area contributed by atoms with Gasteiger partial charge in [0.25, 0.3) is 5.91 Å². The molecule has 6 rings (SSSR count). The molecule has 2 aromatic rings. The van der Waals surface area contributed by atoms with Crippen LogP contribution < -0.4 is 15.7 Å². The molecule has 4 saturated carbocycles. The fourth-order valence-electron chi connectivity index (χ4n) is 9.27. The van der Waals surface area contributed by atoms with Crippen molar-refractivity contribution in [3.8, 4) is 5.75 Å². The van der Waals surface area contributed by atoms with Gasteiger partial charge in [0.2, 0.25) is 0 Å². The summed E-state index contributed by atoms with van der Waals surface area (Å²) in [7, 11) is 1.57. The van der Waals surface area contributed by atoms with Crippen molar-refractivity contribution >= 4 is 22.6 Å². The molecular weight excluding hydrogens is 520 g/mol. The summed E-state index contributed by atoms with van der Waals surface area (Å²) < 4.78 is 10.5. The van der Waals surface area contributed by atoms with Crippen molar-refractivity contribution in [2.24, 2.45) is 39.7 Å². The third-order valence-electron chi connectivity index (χ3n) is 11.5. The van der Waals surface area contributed by atoms with Gasteiger partial charge in [0.05, 0.1) is 18.9 Å². The molecule has 7 atom stereocenters. The van der Waals surface area contributed by atoms with E-state index in [2.05, 4.69) is 24.3 Å². The molecule has 4 aliphatic carbocycles. The van der Waals surface area contributed by atoms with Gasteiger partial charge in [-0.2, -0.15) is 0 Å². The summed E-state index contributed by atoms with van der Waals surface area (Å²) in [6, 6.07) is 6.85. The Labute approximate surface area is 241 Å². The number of oxime groups is 1. The van der Waals surface area contributed by atoms with Crippen molar-refractivity contribution in [3.63, 3.8) is 0 Å². The Morgan fingerprint density at radius 1 is 1.12 bits per heavy atom. The van der Waals surface area contributed by atoms with Crippen LogP contribution in [0.3, 0.4) is 0 Å². The molecule has 41 heavy (non-hydrogen) atoms. The second kappa shape index (κ2) is 11.1. The number of benzene rings is 1. The number of rotatable bonds is 7. The highest BCUT2D eigenvalue weighted by molar-refractivity contribution is 5.92. The van der Waals surface area contributed by atoms with E-state index in [1.54, 1.807) is 13.2 Å². The number of methoxy groups -OCH3 is 1. The Balaban J connectivity index is 1.03. The van der Waals surface area contributed by atoms with Gasteiger partial charge in [0.1, 0.15) is 11.3 Å². The lowest BCUT2D eigenvalue weighted by molar-refractivity contribution is -0.125. The van der Waals surface area contributed by atoms with E-state index in [1.165, 1.54) is 25.3 Å². The highest BCUT2D eigenvalue weighted by Gasteiger charge is 2.59. The van der Waals surface area contributed by atoms with E-state index >= 15 is 0 Å². The molecule has 8 heteroatoms. The predicted octanol–water partition coefficient (Wildman–Crippen LogP) is 5.24. The highest BCUT2D eigenvalue weighted by atomic mass is 16.6. The Morgan fingerprint density at radius 3 is 2.80 bits per heavy atom. The summed E-state index contributed by atoms with van der Waals surface area (Å²) >= 11 is 0. The minimum Gasteiger partial charge on any atom is -0.497 e. The molecule has 222 valence electrons. The van der Waals surface area contributed by atoms with Crippen molar-refractivity contribution in [1.82, 2.24) is 5.32 Å². The minimum atomic E-state index is -0.427. The minimum absolute atomic E-state index is 0.0488. The standard InChI is InChI=1S/C33H44N2O6/c1-32-13-10-22(36)17-21(32)4-6-25-26-8-9-29(33(26,2)14-11-27(25)32)35-40-19-30(37)34-15-12-20-16-31(38)41-28-18-23(39-3)5-7-24(20)28/h5,7,16,18,21-22,25-27,36H,4,6,8-15,17,19H2,1-3H3,(H,34,37)/b35-29-/t21-,22+,25-,26-,27-,32-,33-/m0/s1. The maximum atomic E-state index is 12.5. The molecule has 2 N–H and O–H groups in total. The van der Waals surface area contributed by atoms with Crippen molar-refractivity contribution in [2.45, 2.75) is 84.2 Å². The van der Waals surface area contributed by atoms with Crippen LogP contribution in [0.15, 0.2) is 38.6 Å². The molecule has 4 fully saturated rings. The van der Waals surface area contributed by atoms with Gasteiger partial charge in [-0.15, -0.1) is 0 Å². The van der Waals surface area contributed by atoms with Gasteiger partial charge in [-0.3, -0.25) is 4.79 Å². The lowest BCUT2D eigenvalue weighted by atomic mass is 9.45. The Morgan fingerprint density at radius 2 is 1.98 bits per heavy atom. The normalized spacial score (nSPS) is 35.4. The van der Waals surface area contributed by atoms with E-state index in [1.807, 2.05) is 12.1 Å². The van der Waals surface area contributed by atoms with Gasteiger partial charge in [-0.1, -0.05) is 19.0 Å². The van der Waals surface area contributed by atoms with E-state index in [9.17, 15) is 14.7 Å². The zero-order chi connectivity index (χ0) is 28.8. The number of aliphatic hydroxyl groups excluding tert-OH is 1. The summed E-state index contributed by atoms with van der Waals surface area (Å²) in [4.78, 5) is 30.2. The van der Waals surface area contributed by atoms with Crippen LogP contribution in [0.2, 0.25) is 0 Å². The first-order chi connectivity index (χ1) is 19.7. The second-order valence-electron chi connectivity index (χ2n) is 13.4. The molecule has 0 saturated heterocycles. The average Bonchev–Trinajstić information content (AvgIpc) is 3.29. The van der Waals surface area contributed by atoms with Crippen LogP contribution in [0.25, 0.3) is 11.0 Å². The third kappa shape index (κ3) is 5.17. The number of nitrogens with one attached hydrogen (secondary N) is 1. The van der Waals surface area contributed by atoms with Gasteiger partial charge in [-0.05, 0) is 111 Å². The maximum absolute atomic E-state index is 12.5. The van der Waals surface area contributed by atoms with Gasteiger partial charge in [-0.25, -0.2) is 4.79 Å². The highest BCUT2D eigenvalue weighted by Crippen LogP contribution is 2.65. The molecule has 1 aromatic carbocycles. The van der Waals surface area contributed by atoms with Gasteiger partial charge in [0, 0.05) is 29.5 Å². The number of hydrogen-bond donors (Lipinski definition) is 2. The smallest absolute Gasteiger partial charge is 0.336 e. The molecule has 0 spiro atoms. The SMILES string of the molecule is COc1ccc2c(CCNC(=O)CO/N=C3/CC[C@H]4[C@@H]5CC[C@H]6C[C@H](O)CC[C@]6(C)[C@H]5CC[C@]34C)cc(=O)oc2c1. The Hall–Kier alpha value is -2.87. The number of ether oxygens (including phenoxy) is 1. The van der Waals surface area contributed by atoms with E-state index in [-0.39, 0.29) is 24.0 Å². The molecule has 0 unspecified atom stereocenters. The fraction of sp³-hybridized carbons (Fsp3) is 0.667. The number of hydrogen-bond acceptors (Lipinski definition) is 7.